The van der Waals surface area contributed by atoms with Gasteiger partial charge in [-0.05, 0) is 57.5 Å². The summed E-state index contributed by atoms with van der Waals surface area (Å²) in [6, 6.07) is 29.7. The number of hydrogen-bond acceptors (Lipinski definition) is 2. The highest BCUT2D eigenvalue weighted by Gasteiger charge is 2.29. The topological polar surface area (TPSA) is 15.6 Å². The van der Waals surface area contributed by atoms with Crippen molar-refractivity contribution < 1.29 is 0 Å². The van der Waals surface area contributed by atoms with Crippen LogP contribution < -0.4 is 0 Å². The van der Waals surface area contributed by atoms with Crippen molar-refractivity contribution in [3.63, 3.8) is 0 Å². The normalized spacial score (nSPS) is 15.1. The Morgan fingerprint density at radius 1 is 0.724 bits per heavy atom. The maximum absolute atomic E-state index is 5.12. The van der Waals surface area contributed by atoms with Crippen molar-refractivity contribution in [1.82, 2.24) is 4.90 Å². The van der Waals surface area contributed by atoms with Gasteiger partial charge in [0.25, 0.3) is 0 Å². The van der Waals surface area contributed by atoms with Gasteiger partial charge in [0, 0.05) is 16.7 Å². The van der Waals surface area contributed by atoms with Gasteiger partial charge < -0.3 is 0 Å². The fourth-order valence-corrected chi connectivity index (χ4v) is 4.21. The zero-order chi connectivity index (χ0) is 20.1. The average Bonchev–Trinajstić information content (AvgIpc) is 2.79. The fourth-order valence-electron chi connectivity index (χ4n) is 4.21. The van der Waals surface area contributed by atoms with Gasteiger partial charge >= 0.3 is 0 Å². The van der Waals surface area contributed by atoms with Gasteiger partial charge in [-0.25, -0.2) is 4.99 Å². The van der Waals surface area contributed by atoms with Crippen LogP contribution in [-0.4, -0.2) is 23.7 Å². The molecule has 4 rings (SSSR count). The SMILES string of the molecule is CC(C)(c1cccc(N=C(c2ccccc2)c2ccccc2)c1)N1CCCCC1. The second-order valence-corrected chi connectivity index (χ2v) is 8.35. The summed E-state index contributed by atoms with van der Waals surface area (Å²) in [4.78, 5) is 7.74. The average molecular weight is 383 g/mol. The number of likely N-dealkylation sites (tertiary alicyclic amines) is 1. The molecule has 2 nitrogen and oxygen atoms in total. The van der Waals surface area contributed by atoms with E-state index in [1.165, 1.54) is 37.9 Å². The minimum Gasteiger partial charge on any atom is -0.294 e. The van der Waals surface area contributed by atoms with Crippen molar-refractivity contribution >= 4 is 11.4 Å². The van der Waals surface area contributed by atoms with E-state index in [-0.39, 0.29) is 5.54 Å². The lowest BCUT2D eigenvalue weighted by Gasteiger charge is -2.41. The summed E-state index contributed by atoms with van der Waals surface area (Å²) in [5, 5.41) is 0. The highest BCUT2D eigenvalue weighted by atomic mass is 15.2. The van der Waals surface area contributed by atoms with Gasteiger partial charge in [-0.3, -0.25) is 4.90 Å². The number of nitrogens with zero attached hydrogens (tertiary/aromatic N) is 2. The molecule has 1 saturated heterocycles. The van der Waals surface area contributed by atoms with Crippen LogP contribution >= 0.6 is 0 Å². The van der Waals surface area contributed by atoms with E-state index >= 15 is 0 Å². The van der Waals surface area contributed by atoms with E-state index < -0.39 is 0 Å². The van der Waals surface area contributed by atoms with Crippen LogP contribution in [0.1, 0.15) is 49.8 Å². The molecule has 0 radical (unpaired) electrons. The lowest BCUT2D eigenvalue weighted by Crippen LogP contribution is -2.44. The number of piperidine rings is 1. The van der Waals surface area contributed by atoms with Gasteiger partial charge in [0.2, 0.25) is 0 Å². The quantitative estimate of drug-likeness (QED) is 0.455. The zero-order valence-corrected chi connectivity index (χ0v) is 17.5. The highest BCUT2D eigenvalue weighted by molar-refractivity contribution is 6.13. The molecule has 0 unspecified atom stereocenters. The molecule has 3 aromatic rings. The summed E-state index contributed by atoms with van der Waals surface area (Å²) < 4.78 is 0. The second-order valence-electron chi connectivity index (χ2n) is 8.35. The lowest BCUT2D eigenvalue weighted by atomic mass is 9.90. The van der Waals surface area contributed by atoms with Crippen molar-refractivity contribution in [2.24, 2.45) is 4.99 Å². The minimum atomic E-state index is 0.0195. The van der Waals surface area contributed by atoms with Crippen LogP contribution in [0.2, 0.25) is 0 Å². The van der Waals surface area contributed by atoms with E-state index in [2.05, 4.69) is 91.5 Å². The van der Waals surface area contributed by atoms with E-state index in [1.54, 1.807) is 0 Å². The molecule has 148 valence electrons. The van der Waals surface area contributed by atoms with Crippen molar-refractivity contribution in [1.29, 1.82) is 0 Å². The number of aliphatic imine (C=N–C) groups is 1. The molecular weight excluding hydrogens is 352 g/mol. The number of hydrogen-bond donors (Lipinski definition) is 0. The molecule has 2 heteroatoms. The Kier molecular flexibility index (Phi) is 5.92. The first-order valence-corrected chi connectivity index (χ1v) is 10.7. The van der Waals surface area contributed by atoms with E-state index in [0.29, 0.717) is 0 Å². The molecule has 1 heterocycles. The molecule has 0 atom stereocenters. The van der Waals surface area contributed by atoms with E-state index in [0.717, 1.165) is 22.5 Å². The molecule has 1 fully saturated rings. The van der Waals surface area contributed by atoms with Crippen LogP contribution in [-0.2, 0) is 5.54 Å². The molecule has 0 amide bonds. The maximum Gasteiger partial charge on any atom is 0.0781 e. The Labute approximate surface area is 174 Å². The third-order valence-corrected chi connectivity index (χ3v) is 6.03. The van der Waals surface area contributed by atoms with Crippen molar-refractivity contribution in [2.75, 3.05) is 13.1 Å². The predicted molar refractivity (Wildman–Crippen MR) is 123 cm³/mol. The molecule has 0 saturated carbocycles. The first kappa shape index (κ1) is 19.6. The Morgan fingerprint density at radius 3 is 1.90 bits per heavy atom. The maximum atomic E-state index is 5.12. The van der Waals surface area contributed by atoms with E-state index in [9.17, 15) is 0 Å². The van der Waals surface area contributed by atoms with Crippen LogP contribution in [0.3, 0.4) is 0 Å². The largest absolute Gasteiger partial charge is 0.294 e. The fraction of sp³-hybridized carbons (Fsp3) is 0.296. The number of benzene rings is 3. The lowest BCUT2D eigenvalue weighted by molar-refractivity contribution is 0.0944. The Balaban J connectivity index is 1.73. The summed E-state index contributed by atoms with van der Waals surface area (Å²) in [6.07, 6.45) is 3.95. The Bertz CT molecular complexity index is 911. The van der Waals surface area contributed by atoms with Crippen LogP contribution in [0.15, 0.2) is 89.9 Å². The third kappa shape index (κ3) is 4.49. The molecule has 1 aliphatic heterocycles. The van der Waals surface area contributed by atoms with Gasteiger partial charge in [0.1, 0.15) is 0 Å². The van der Waals surface area contributed by atoms with E-state index in [4.69, 9.17) is 4.99 Å². The molecule has 0 bridgehead atoms. The van der Waals surface area contributed by atoms with Gasteiger partial charge in [0.05, 0.1) is 11.4 Å². The van der Waals surface area contributed by atoms with Crippen LogP contribution in [0.5, 0.6) is 0 Å². The van der Waals surface area contributed by atoms with Gasteiger partial charge in [0.15, 0.2) is 0 Å². The molecule has 0 aliphatic carbocycles. The highest BCUT2D eigenvalue weighted by Crippen LogP contribution is 2.32. The molecule has 0 N–H and O–H groups in total. The molecule has 3 aromatic carbocycles. The third-order valence-electron chi connectivity index (χ3n) is 6.03. The summed E-state index contributed by atoms with van der Waals surface area (Å²) in [5.41, 5.74) is 5.65. The van der Waals surface area contributed by atoms with Crippen molar-refractivity contribution in [2.45, 2.75) is 38.6 Å². The molecule has 0 spiro atoms. The second kappa shape index (κ2) is 8.75. The standard InChI is InChI=1S/C27H30N2/c1-27(2,29-19-10-5-11-20-29)24-17-12-18-25(21-24)28-26(22-13-6-3-7-14-22)23-15-8-4-9-16-23/h3-4,6-9,12-18,21H,5,10-11,19-20H2,1-2H3. The van der Waals surface area contributed by atoms with Gasteiger partial charge in [-0.15, -0.1) is 0 Å². The Morgan fingerprint density at radius 2 is 1.31 bits per heavy atom. The van der Waals surface area contributed by atoms with Crippen LogP contribution in [0.4, 0.5) is 5.69 Å². The molecule has 29 heavy (non-hydrogen) atoms. The van der Waals surface area contributed by atoms with E-state index in [1.807, 2.05) is 12.1 Å². The first-order valence-electron chi connectivity index (χ1n) is 10.7. The summed E-state index contributed by atoms with van der Waals surface area (Å²) in [7, 11) is 0. The molecular formula is C27H30N2. The minimum absolute atomic E-state index is 0.0195. The van der Waals surface area contributed by atoms with Crippen LogP contribution in [0, 0.1) is 0 Å². The molecule has 1 aliphatic rings. The predicted octanol–water partition coefficient (Wildman–Crippen LogP) is 6.58. The van der Waals surface area contributed by atoms with Crippen molar-refractivity contribution in [3.8, 4) is 0 Å². The smallest absolute Gasteiger partial charge is 0.0781 e. The summed E-state index contributed by atoms with van der Waals surface area (Å²) in [6.45, 7) is 7.05. The van der Waals surface area contributed by atoms with Gasteiger partial charge in [-0.2, -0.15) is 0 Å². The Hall–Kier alpha value is -2.71. The summed E-state index contributed by atoms with van der Waals surface area (Å²) >= 11 is 0. The monoisotopic (exact) mass is 382 g/mol. The summed E-state index contributed by atoms with van der Waals surface area (Å²) in [5.74, 6) is 0. The van der Waals surface area contributed by atoms with Crippen molar-refractivity contribution in [3.05, 3.63) is 102 Å². The first-order chi connectivity index (χ1) is 14.1. The molecule has 0 aromatic heterocycles. The van der Waals surface area contributed by atoms with Gasteiger partial charge in [-0.1, -0.05) is 79.2 Å². The van der Waals surface area contributed by atoms with Crippen LogP contribution in [0.25, 0.3) is 0 Å². The zero-order valence-electron chi connectivity index (χ0n) is 17.5. The number of rotatable bonds is 5.